The molecule has 1 N–H and O–H groups in total. The Morgan fingerprint density at radius 2 is 2.10 bits per heavy atom. The fourth-order valence-electron chi connectivity index (χ4n) is 3.36. The van der Waals surface area contributed by atoms with Crippen molar-refractivity contribution in [1.82, 2.24) is 5.32 Å². The molecule has 1 unspecified atom stereocenters. The highest BCUT2D eigenvalue weighted by molar-refractivity contribution is 7.10. The monoisotopic (exact) mass is 307 g/mol. The predicted octanol–water partition coefficient (Wildman–Crippen LogP) is 3.91. The van der Waals surface area contributed by atoms with E-state index in [1.54, 1.807) is 0 Å². The second-order valence-corrected chi connectivity index (χ2v) is 7.28. The third kappa shape index (κ3) is 3.86. The molecule has 4 heteroatoms. The largest absolute Gasteiger partial charge is 0.466 e. The third-order valence-electron chi connectivity index (χ3n) is 4.71. The van der Waals surface area contributed by atoms with Crippen molar-refractivity contribution in [2.75, 3.05) is 6.61 Å². The number of esters is 1. The van der Waals surface area contributed by atoms with Crippen LogP contribution in [-0.2, 0) is 9.53 Å². The lowest BCUT2D eigenvalue weighted by atomic mass is 9.85. The summed E-state index contributed by atoms with van der Waals surface area (Å²) in [6, 6.07) is 5.50. The molecule has 1 atom stereocenters. The maximum Gasteiger partial charge on any atom is 0.308 e. The van der Waals surface area contributed by atoms with Crippen LogP contribution in [0.4, 0.5) is 0 Å². The lowest BCUT2D eigenvalue weighted by molar-refractivity contribution is -0.149. The molecule has 0 aromatic carbocycles. The first kappa shape index (κ1) is 15.0. The van der Waals surface area contributed by atoms with Crippen LogP contribution in [0.15, 0.2) is 17.5 Å². The molecule has 2 aliphatic rings. The van der Waals surface area contributed by atoms with Crippen LogP contribution in [0.3, 0.4) is 0 Å². The molecule has 0 aliphatic heterocycles. The molecule has 0 bridgehead atoms. The maximum atomic E-state index is 11.8. The number of carbonyl (C=O) groups excluding carboxylic acids is 1. The fraction of sp³-hybridized carbons (Fsp3) is 0.706. The van der Waals surface area contributed by atoms with Gasteiger partial charge in [-0.25, -0.2) is 0 Å². The van der Waals surface area contributed by atoms with Gasteiger partial charge in [0, 0.05) is 17.0 Å². The van der Waals surface area contributed by atoms with E-state index in [1.807, 2.05) is 18.3 Å². The Balaban J connectivity index is 1.51. The third-order valence-corrected chi connectivity index (χ3v) is 5.66. The number of rotatable bonds is 6. The van der Waals surface area contributed by atoms with Crippen molar-refractivity contribution in [3.05, 3.63) is 22.4 Å². The highest BCUT2D eigenvalue weighted by Crippen LogP contribution is 2.43. The summed E-state index contributed by atoms with van der Waals surface area (Å²) in [6.07, 6.45) is 6.84. The van der Waals surface area contributed by atoms with Gasteiger partial charge in [0.05, 0.1) is 12.5 Å². The minimum absolute atomic E-state index is 0.00736. The van der Waals surface area contributed by atoms with Gasteiger partial charge >= 0.3 is 5.97 Å². The van der Waals surface area contributed by atoms with Gasteiger partial charge < -0.3 is 10.1 Å². The molecule has 2 fully saturated rings. The van der Waals surface area contributed by atoms with Crippen LogP contribution in [0.2, 0.25) is 0 Å². The van der Waals surface area contributed by atoms with Gasteiger partial charge in [-0.1, -0.05) is 6.07 Å². The van der Waals surface area contributed by atoms with E-state index in [9.17, 15) is 4.79 Å². The first-order valence-corrected chi connectivity index (χ1v) is 9.12. The maximum absolute atomic E-state index is 11.8. The zero-order chi connectivity index (χ0) is 14.7. The van der Waals surface area contributed by atoms with E-state index in [-0.39, 0.29) is 11.9 Å². The molecular formula is C17H25NO2S. The quantitative estimate of drug-likeness (QED) is 0.810. The van der Waals surface area contributed by atoms with Crippen molar-refractivity contribution in [2.45, 2.75) is 57.5 Å². The lowest BCUT2D eigenvalue weighted by Crippen LogP contribution is -2.38. The van der Waals surface area contributed by atoms with Gasteiger partial charge in [0.25, 0.3) is 0 Å². The summed E-state index contributed by atoms with van der Waals surface area (Å²) in [5.41, 5.74) is 0. The van der Waals surface area contributed by atoms with Crippen LogP contribution >= 0.6 is 11.3 Å². The Kier molecular flexibility index (Phi) is 4.96. The van der Waals surface area contributed by atoms with Crippen LogP contribution in [0.1, 0.15) is 56.4 Å². The van der Waals surface area contributed by atoms with E-state index in [0.717, 1.165) is 31.6 Å². The van der Waals surface area contributed by atoms with E-state index in [2.05, 4.69) is 22.8 Å². The van der Waals surface area contributed by atoms with Crippen molar-refractivity contribution < 1.29 is 9.53 Å². The second kappa shape index (κ2) is 6.93. The van der Waals surface area contributed by atoms with Gasteiger partial charge in [0.2, 0.25) is 0 Å². The topological polar surface area (TPSA) is 38.3 Å². The molecule has 0 saturated heterocycles. The highest BCUT2D eigenvalue weighted by atomic mass is 32.1. The Bertz CT molecular complexity index is 447. The minimum Gasteiger partial charge on any atom is -0.466 e. The number of hydrogen-bond donors (Lipinski definition) is 1. The predicted molar refractivity (Wildman–Crippen MR) is 85.3 cm³/mol. The molecule has 2 saturated carbocycles. The molecule has 0 radical (unpaired) electrons. The summed E-state index contributed by atoms with van der Waals surface area (Å²) in [6.45, 7) is 2.38. The molecule has 116 valence electrons. The molecule has 1 aromatic heterocycles. The van der Waals surface area contributed by atoms with E-state index in [1.165, 1.54) is 17.7 Å². The first-order chi connectivity index (χ1) is 10.3. The molecule has 2 aliphatic carbocycles. The molecule has 21 heavy (non-hydrogen) atoms. The normalized spacial score (nSPS) is 27.3. The summed E-state index contributed by atoms with van der Waals surface area (Å²) >= 11 is 1.86. The Morgan fingerprint density at radius 1 is 1.33 bits per heavy atom. The molecule has 3 nitrogen and oxygen atoms in total. The smallest absolute Gasteiger partial charge is 0.308 e. The number of carbonyl (C=O) groups is 1. The lowest BCUT2D eigenvalue weighted by Gasteiger charge is -2.31. The number of thiophene rings is 1. The van der Waals surface area contributed by atoms with E-state index >= 15 is 0 Å². The van der Waals surface area contributed by atoms with E-state index < -0.39 is 0 Å². The van der Waals surface area contributed by atoms with Crippen molar-refractivity contribution in [2.24, 2.45) is 11.8 Å². The SMILES string of the molecule is CCOC(=O)C1CCC(NC(c2cccs2)C2CC2)CC1. The van der Waals surface area contributed by atoms with Crippen LogP contribution in [0.25, 0.3) is 0 Å². The Labute approximate surface area is 131 Å². The number of ether oxygens (including phenoxy) is 1. The zero-order valence-corrected chi connectivity index (χ0v) is 13.5. The summed E-state index contributed by atoms with van der Waals surface area (Å²) < 4.78 is 5.15. The van der Waals surface area contributed by atoms with E-state index in [0.29, 0.717) is 18.7 Å². The molecule has 1 aromatic rings. The van der Waals surface area contributed by atoms with Gasteiger partial charge in [0.1, 0.15) is 0 Å². The van der Waals surface area contributed by atoms with Crippen LogP contribution in [-0.4, -0.2) is 18.6 Å². The number of hydrogen-bond acceptors (Lipinski definition) is 4. The molecular weight excluding hydrogens is 282 g/mol. The van der Waals surface area contributed by atoms with Crippen LogP contribution in [0, 0.1) is 11.8 Å². The fourth-order valence-corrected chi connectivity index (χ4v) is 4.24. The zero-order valence-electron chi connectivity index (χ0n) is 12.7. The molecule has 0 amide bonds. The highest BCUT2D eigenvalue weighted by Gasteiger charge is 2.35. The summed E-state index contributed by atoms with van der Waals surface area (Å²) in [5.74, 6) is 0.962. The van der Waals surface area contributed by atoms with E-state index in [4.69, 9.17) is 4.74 Å². The standard InChI is InChI=1S/C17H25NO2S/c1-2-20-17(19)13-7-9-14(10-8-13)18-16(12-5-6-12)15-4-3-11-21-15/h3-4,11-14,16,18H,2,5-10H2,1H3. The van der Waals surface area contributed by atoms with Crippen LogP contribution < -0.4 is 5.32 Å². The molecule has 1 heterocycles. The summed E-state index contributed by atoms with van der Waals surface area (Å²) in [7, 11) is 0. The van der Waals surface area contributed by atoms with Crippen molar-refractivity contribution in [3.8, 4) is 0 Å². The summed E-state index contributed by atoms with van der Waals surface area (Å²) in [5, 5.41) is 6.04. The van der Waals surface area contributed by atoms with Gasteiger partial charge in [-0.3, -0.25) is 4.79 Å². The summed E-state index contributed by atoms with van der Waals surface area (Å²) in [4.78, 5) is 13.3. The van der Waals surface area contributed by atoms with Crippen molar-refractivity contribution >= 4 is 17.3 Å². The minimum atomic E-state index is 0.00736. The van der Waals surface area contributed by atoms with Crippen molar-refractivity contribution in [1.29, 1.82) is 0 Å². The Hall–Kier alpha value is -0.870. The second-order valence-electron chi connectivity index (χ2n) is 6.30. The van der Waals surface area contributed by atoms with Gasteiger partial charge in [-0.2, -0.15) is 0 Å². The van der Waals surface area contributed by atoms with Gasteiger partial charge in [0.15, 0.2) is 0 Å². The van der Waals surface area contributed by atoms with Gasteiger partial charge in [-0.15, -0.1) is 11.3 Å². The van der Waals surface area contributed by atoms with Crippen molar-refractivity contribution in [3.63, 3.8) is 0 Å². The van der Waals surface area contributed by atoms with Gasteiger partial charge in [-0.05, 0) is 62.8 Å². The average molecular weight is 307 g/mol. The number of nitrogens with one attached hydrogen (secondary N) is 1. The first-order valence-electron chi connectivity index (χ1n) is 8.24. The van der Waals surface area contributed by atoms with Crippen LogP contribution in [0.5, 0.6) is 0 Å². The Morgan fingerprint density at radius 3 is 2.67 bits per heavy atom. The molecule has 0 spiro atoms. The average Bonchev–Trinajstić information content (AvgIpc) is 3.20. The molecule has 3 rings (SSSR count).